The molecule has 0 atom stereocenters. The summed E-state index contributed by atoms with van der Waals surface area (Å²) >= 11 is 2.15. The van der Waals surface area contributed by atoms with E-state index in [-0.39, 0.29) is 41.5 Å². The molecule has 2 aromatic carbocycles. The fourth-order valence-corrected chi connectivity index (χ4v) is 6.11. The van der Waals surface area contributed by atoms with E-state index in [1.165, 1.54) is 14.2 Å². The number of benzene rings is 2. The fourth-order valence-electron chi connectivity index (χ4n) is 4.50. The average molecular weight is 575 g/mol. The third-order valence-electron chi connectivity index (χ3n) is 6.46. The van der Waals surface area contributed by atoms with Crippen LogP contribution in [0, 0.1) is 17.6 Å². The number of carboxylic acids is 1. The summed E-state index contributed by atoms with van der Waals surface area (Å²) in [6.45, 7) is 0. The number of hydrogen-bond donors (Lipinski definition) is 2. The van der Waals surface area contributed by atoms with E-state index in [0.717, 1.165) is 35.4 Å². The first-order valence-corrected chi connectivity index (χ1v) is 13.2. The Balaban J connectivity index is 1.50. The number of aromatic nitrogens is 1. The number of nitrogens with zero attached hydrogens (tertiary/aromatic N) is 1. The van der Waals surface area contributed by atoms with Gasteiger partial charge in [0.15, 0.2) is 11.6 Å². The first-order valence-electron chi connectivity index (χ1n) is 11.5. The Kier molecular flexibility index (Phi) is 8.36. The summed E-state index contributed by atoms with van der Waals surface area (Å²) in [5.74, 6) is -4.47. The van der Waals surface area contributed by atoms with Gasteiger partial charge in [-0.2, -0.15) is 13.2 Å². The first-order chi connectivity index (χ1) is 18.0. The topological polar surface area (TPSA) is 80.7 Å². The van der Waals surface area contributed by atoms with Gasteiger partial charge in [0.2, 0.25) is 0 Å². The fraction of sp³-hybridized carbons (Fsp3) is 0.360. The minimum Gasteiger partial charge on any atom is -0.495 e. The molecule has 0 radical (unpaired) electrons. The molecule has 1 saturated carbocycles. The molecule has 0 spiro atoms. The molecule has 2 N–H and O–H groups in total. The van der Waals surface area contributed by atoms with Crippen molar-refractivity contribution in [3.05, 3.63) is 52.4 Å². The van der Waals surface area contributed by atoms with E-state index in [4.69, 9.17) is 14.6 Å². The van der Waals surface area contributed by atoms with Crippen LogP contribution >= 0.6 is 23.3 Å². The van der Waals surface area contributed by atoms with E-state index in [1.807, 2.05) is 0 Å². The molecular formula is C25H23F5N2O4S2. The molecule has 1 fully saturated rings. The van der Waals surface area contributed by atoms with E-state index >= 15 is 4.39 Å². The monoisotopic (exact) mass is 574 g/mol. The summed E-state index contributed by atoms with van der Waals surface area (Å²) in [6.07, 6.45) is -3.65. The second-order valence-electron chi connectivity index (χ2n) is 8.67. The highest BCUT2D eigenvalue weighted by Crippen LogP contribution is 2.46. The number of methoxy groups -OCH3 is 2. The van der Waals surface area contributed by atoms with Crippen LogP contribution in [-0.4, -0.2) is 36.5 Å². The summed E-state index contributed by atoms with van der Waals surface area (Å²) in [5.41, 5.74) is 0.378. The second-order valence-corrected chi connectivity index (χ2v) is 10.4. The molecule has 0 unspecified atom stereocenters. The van der Waals surface area contributed by atoms with E-state index in [2.05, 4.69) is 9.71 Å². The van der Waals surface area contributed by atoms with Crippen LogP contribution in [0.5, 0.6) is 11.5 Å². The van der Waals surface area contributed by atoms with Crippen molar-refractivity contribution >= 4 is 34.9 Å². The quantitative estimate of drug-likeness (QED) is 0.210. The summed E-state index contributed by atoms with van der Waals surface area (Å²) in [5, 5.41) is 11.5. The lowest BCUT2D eigenvalue weighted by molar-refractivity contribution is -0.182. The van der Waals surface area contributed by atoms with Gasteiger partial charge in [0.05, 0.1) is 37.0 Å². The zero-order valence-corrected chi connectivity index (χ0v) is 21.8. The number of ether oxygens (including phenoxy) is 2. The van der Waals surface area contributed by atoms with Crippen LogP contribution in [0.25, 0.3) is 10.6 Å². The van der Waals surface area contributed by atoms with Gasteiger partial charge in [-0.25, -0.2) is 18.6 Å². The summed E-state index contributed by atoms with van der Waals surface area (Å²) in [7, 11) is 2.64. The zero-order chi connectivity index (χ0) is 27.6. The SMILES string of the molecule is COc1cc(C(=O)O)c(F)cc1NSc1csc(-c2ccc(C3CCC(C(F)(F)F)CC3)c(OC)c2F)n1. The first kappa shape index (κ1) is 28.0. The van der Waals surface area contributed by atoms with Crippen LogP contribution in [0.3, 0.4) is 0 Å². The molecule has 1 aliphatic rings. The number of carboxylic acid groups (broad SMARTS) is 1. The molecule has 1 aliphatic carbocycles. The summed E-state index contributed by atoms with van der Waals surface area (Å²) < 4.78 is 82.0. The van der Waals surface area contributed by atoms with Gasteiger partial charge in [0.25, 0.3) is 0 Å². The molecule has 0 bridgehead atoms. The maximum Gasteiger partial charge on any atom is 0.391 e. The highest BCUT2D eigenvalue weighted by atomic mass is 32.2. The lowest BCUT2D eigenvalue weighted by Crippen LogP contribution is -2.27. The van der Waals surface area contributed by atoms with Crippen LogP contribution in [0.1, 0.15) is 47.5 Å². The van der Waals surface area contributed by atoms with Crippen molar-refractivity contribution in [1.82, 2.24) is 4.98 Å². The molecule has 0 amide bonds. The number of thiazole rings is 1. The molecule has 1 aromatic heterocycles. The highest BCUT2D eigenvalue weighted by molar-refractivity contribution is 8.00. The van der Waals surface area contributed by atoms with Gasteiger partial charge < -0.3 is 19.3 Å². The molecule has 1 heterocycles. The van der Waals surface area contributed by atoms with E-state index in [9.17, 15) is 22.4 Å². The van der Waals surface area contributed by atoms with Crippen molar-refractivity contribution in [3.63, 3.8) is 0 Å². The van der Waals surface area contributed by atoms with Crippen LogP contribution in [0.2, 0.25) is 0 Å². The number of aromatic carboxylic acids is 1. The molecule has 0 aliphatic heterocycles. The number of alkyl halides is 3. The van der Waals surface area contributed by atoms with Gasteiger partial charge in [-0.05, 0) is 43.7 Å². The van der Waals surface area contributed by atoms with E-state index in [0.29, 0.717) is 28.4 Å². The van der Waals surface area contributed by atoms with Gasteiger partial charge in [-0.1, -0.05) is 6.07 Å². The number of carbonyl (C=O) groups is 1. The maximum absolute atomic E-state index is 15.5. The van der Waals surface area contributed by atoms with Gasteiger partial charge in [0, 0.05) is 29.0 Å². The smallest absolute Gasteiger partial charge is 0.391 e. The Labute approximate surface area is 223 Å². The zero-order valence-electron chi connectivity index (χ0n) is 20.2. The Morgan fingerprint density at radius 1 is 1.13 bits per heavy atom. The Morgan fingerprint density at radius 2 is 1.84 bits per heavy atom. The van der Waals surface area contributed by atoms with Crippen molar-refractivity contribution in [2.75, 3.05) is 18.9 Å². The average Bonchev–Trinajstić information content (AvgIpc) is 3.35. The Morgan fingerprint density at radius 3 is 2.45 bits per heavy atom. The standard InChI is InChI=1S/C25H23F5N2O4S2/c1-35-19-9-16(24(33)34)17(26)10-18(19)32-38-20-11-37-23(31-20)15-8-7-14(22(36-2)21(15)27)12-3-5-13(6-4-12)25(28,29)30/h7-13,32H,3-6H2,1-2H3,(H,33,34). The third kappa shape index (κ3) is 5.83. The molecule has 0 saturated heterocycles. The van der Waals surface area contributed by atoms with Gasteiger partial charge in [-0.15, -0.1) is 11.3 Å². The molecule has 3 aromatic rings. The molecule has 4 rings (SSSR count). The van der Waals surface area contributed by atoms with Gasteiger partial charge in [-0.3, -0.25) is 0 Å². The second kappa shape index (κ2) is 11.4. The van der Waals surface area contributed by atoms with E-state index in [1.54, 1.807) is 17.5 Å². The van der Waals surface area contributed by atoms with Crippen LogP contribution in [-0.2, 0) is 0 Å². The molecule has 13 heteroatoms. The van der Waals surface area contributed by atoms with Gasteiger partial charge in [0.1, 0.15) is 21.6 Å². The third-order valence-corrected chi connectivity index (χ3v) is 8.23. The number of halogens is 5. The van der Waals surface area contributed by atoms with Gasteiger partial charge >= 0.3 is 12.1 Å². The predicted octanol–water partition coefficient (Wildman–Crippen LogP) is 7.76. The minimum atomic E-state index is -4.22. The van der Waals surface area contributed by atoms with Crippen LogP contribution in [0.15, 0.2) is 34.7 Å². The van der Waals surface area contributed by atoms with Crippen LogP contribution in [0.4, 0.5) is 27.6 Å². The number of hydrogen-bond acceptors (Lipinski definition) is 7. The number of anilines is 1. The predicted molar refractivity (Wildman–Crippen MR) is 134 cm³/mol. The summed E-state index contributed by atoms with van der Waals surface area (Å²) in [6, 6.07) is 5.28. The van der Waals surface area contributed by atoms with Crippen molar-refractivity contribution in [1.29, 1.82) is 0 Å². The largest absolute Gasteiger partial charge is 0.495 e. The summed E-state index contributed by atoms with van der Waals surface area (Å²) in [4.78, 5) is 15.5. The number of nitrogens with one attached hydrogen (secondary N) is 1. The molecule has 38 heavy (non-hydrogen) atoms. The van der Waals surface area contributed by atoms with Crippen molar-refractivity contribution in [2.45, 2.75) is 42.8 Å². The molecule has 6 nitrogen and oxygen atoms in total. The molecule has 204 valence electrons. The molecular weight excluding hydrogens is 551 g/mol. The lowest BCUT2D eigenvalue weighted by Gasteiger charge is -2.31. The van der Waals surface area contributed by atoms with Crippen molar-refractivity contribution in [3.8, 4) is 22.1 Å². The van der Waals surface area contributed by atoms with E-state index < -0.39 is 35.3 Å². The van der Waals surface area contributed by atoms with Crippen molar-refractivity contribution < 1.29 is 41.3 Å². The maximum atomic E-state index is 15.5. The highest BCUT2D eigenvalue weighted by Gasteiger charge is 2.42. The van der Waals surface area contributed by atoms with Crippen molar-refractivity contribution in [2.24, 2.45) is 5.92 Å². The normalized spacial score (nSPS) is 17.8. The minimum absolute atomic E-state index is 0.000724. The Hall–Kier alpha value is -3.06. The lowest BCUT2D eigenvalue weighted by atomic mass is 9.78. The number of rotatable bonds is 8. The van der Waals surface area contributed by atoms with Crippen LogP contribution < -0.4 is 14.2 Å². The Bertz CT molecular complexity index is 1320.